The summed E-state index contributed by atoms with van der Waals surface area (Å²) >= 11 is 0. The maximum absolute atomic E-state index is 6.16. The Morgan fingerprint density at radius 2 is 1.88 bits per heavy atom. The van der Waals surface area contributed by atoms with E-state index in [9.17, 15) is 0 Å². The highest BCUT2D eigenvalue weighted by Crippen LogP contribution is 2.51. The van der Waals surface area contributed by atoms with Gasteiger partial charge in [-0.1, -0.05) is 68.4 Å². The zero-order chi connectivity index (χ0) is 18.4. The van der Waals surface area contributed by atoms with Crippen LogP contribution in [0.4, 0.5) is 0 Å². The largest absolute Gasteiger partial charge is 0.324 e. The molecular weight excluding hydrogens is 302 g/mol. The lowest BCUT2D eigenvalue weighted by molar-refractivity contribution is 0.300. The van der Waals surface area contributed by atoms with E-state index < -0.39 is 0 Å². The summed E-state index contributed by atoms with van der Waals surface area (Å²) in [4.78, 5) is 0. The summed E-state index contributed by atoms with van der Waals surface area (Å²) in [6.07, 6.45) is 16.0. The van der Waals surface area contributed by atoms with Crippen LogP contribution in [-0.2, 0) is 0 Å². The molecule has 0 bridgehead atoms. The third-order valence-electron chi connectivity index (χ3n) is 6.59. The van der Waals surface area contributed by atoms with Crippen molar-refractivity contribution in [1.29, 1.82) is 0 Å². The summed E-state index contributed by atoms with van der Waals surface area (Å²) in [6, 6.07) is 0.177. The Bertz CT molecular complexity index is 536. The highest BCUT2D eigenvalue weighted by molar-refractivity contribution is 5.28. The maximum Gasteiger partial charge on any atom is 0.0288 e. The maximum atomic E-state index is 6.16. The fourth-order valence-corrected chi connectivity index (χ4v) is 5.05. The van der Waals surface area contributed by atoms with Gasteiger partial charge in [0.05, 0.1) is 0 Å². The van der Waals surface area contributed by atoms with E-state index in [0.717, 1.165) is 43.4 Å². The summed E-state index contributed by atoms with van der Waals surface area (Å²) in [5, 5.41) is 0. The molecule has 1 heteroatoms. The molecule has 4 atom stereocenters. The number of allylic oxidation sites excluding steroid dienone is 4. The predicted octanol–water partition coefficient (Wildman–Crippen LogP) is 6.73. The molecule has 2 N–H and O–H groups in total. The zero-order valence-electron chi connectivity index (χ0n) is 16.8. The molecule has 3 aliphatic carbocycles. The Kier molecular flexibility index (Phi) is 7.75. The molecule has 0 aromatic rings. The lowest BCUT2D eigenvalue weighted by atomic mass is 9.73. The Morgan fingerprint density at radius 1 is 1.12 bits per heavy atom. The van der Waals surface area contributed by atoms with Gasteiger partial charge in [-0.2, -0.15) is 0 Å². The van der Waals surface area contributed by atoms with Gasteiger partial charge in [-0.05, 0) is 75.5 Å². The lowest BCUT2D eigenvalue weighted by Crippen LogP contribution is -2.26. The quantitative estimate of drug-likeness (QED) is 0.566. The fraction of sp³-hybridized carbons (Fsp3) is 0.667. The molecule has 4 unspecified atom stereocenters. The van der Waals surface area contributed by atoms with E-state index in [-0.39, 0.29) is 6.04 Å². The van der Waals surface area contributed by atoms with E-state index in [4.69, 9.17) is 5.73 Å². The second kappa shape index (κ2) is 9.57. The number of hydrogen-bond donors (Lipinski definition) is 1. The summed E-state index contributed by atoms with van der Waals surface area (Å²) < 4.78 is 0. The van der Waals surface area contributed by atoms with Gasteiger partial charge in [-0.15, -0.1) is 0 Å². The smallest absolute Gasteiger partial charge is 0.0288 e. The first-order valence-corrected chi connectivity index (χ1v) is 10.6. The molecule has 3 fully saturated rings. The molecule has 0 amide bonds. The third-order valence-corrected chi connectivity index (χ3v) is 6.59. The van der Waals surface area contributed by atoms with E-state index in [1.807, 2.05) is 13.8 Å². The minimum Gasteiger partial charge on any atom is -0.324 e. The van der Waals surface area contributed by atoms with Crippen molar-refractivity contribution in [3.63, 3.8) is 0 Å². The van der Waals surface area contributed by atoms with Gasteiger partial charge < -0.3 is 5.73 Å². The molecule has 1 nitrogen and oxygen atoms in total. The Hall–Kier alpha value is -1.08. The topological polar surface area (TPSA) is 26.0 Å². The average Bonchev–Trinajstić information content (AvgIpc) is 3.08. The number of nitrogens with two attached hydrogens (primary N) is 1. The second-order valence-electron chi connectivity index (χ2n) is 7.89. The van der Waals surface area contributed by atoms with Crippen LogP contribution in [-0.4, -0.2) is 6.04 Å². The SMILES string of the molecule is C=C1CC/C(=C/C=C2\CCCC3C(C(=C)CC)CCC23)CC1N.CC. The van der Waals surface area contributed by atoms with Crippen LogP contribution < -0.4 is 5.73 Å². The van der Waals surface area contributed by atoms with Crippen molar-refractivity contribution in [1.82, 2.24) is 0 Å². The van der Waals surface area contributed by atoms with Crippen molar-refractivity contribution in [2.45, 2.75) is 84.6 Å². The Labute approximate surface area is 156 Å². The van der Waals surface area contributed by atoms with Crippen molar-refractivity contribution in [2.75, 3.05) is 0 Å². The molecular formula is C24H39N. The van der Waals surface area contributed by atoms with Gasteiger partial charge in [0, 0.05) is 6.04 Å². The van der Waals surface area contributed by atoms with E-state index in [1.165, 1.54) is 48.8 Å². The van der Waals surface area contributed by atoms with Gasteiger partial charge in [-0.25, -0.2) is 0 Å². The molecule has 140 valence electrons. The Balaban J connectivity index is 0.00000109. The molecule has 0 spiro atoms. The molecule has 0 heterocycles. The molecule has 25 heavy (non-hydrogen) atoms. The van der Waals surface area contributed by atoms with Crippen LogP contribution in [0.3, 0.4) is 0 Å². The predicted molar refractivity (Wildman–Crippen MR) is 111 cm³/mol. The van der Waals surface area contributed by atoms with Gasteiger partial charge in [0.15, 0.2) is 0 Å². The second-order valence-corrected chi connectivity index (χ2v) is 7.89. The standard InChI is InChI=1S/C22H33N.C2H6/c1-4-15(2)19-12-13-20-18(6-5-7-21(19)20)11-10-17-9-8-16(3)22(23)14-17;1-2/h10-11,19-22H,2-9,12-14,23H2,1H3;1-2H3/b17-10-,18-11+;. The number of hydrogen-bond acceptors (Lipinski definition) is 1. The van der Waals surface area contributed by atoms with Crippen LogP contribution in [0.1, 0.15) is 78.6 Å². The molecule has 0 aromatic heterocycles. The minimum absolute atomic E-state index is 0.177. The van der Waals surface area contributed by atoms with E-state index in [0.29, 0.717) is 0 Å². The summed E-state index contributed by atoms with van der Waals surface area (Å²) in [6.45, 7) is 14.7. The molecule has 0 aliphatic heterocycles. The molecule has 3 aliphatic rings. The fourth-order valence-electron chi connectivity index (χ4n) is 5.05. The summed E-state index contributed by atoms with van der Waals surface area (Å²) in [5.41, 5.74) is 12.1. The van der Waals surface area contributed by atoms with Gasteiger partial charge in [0.2, 0.25) is 0 Å². The Morgan fingerprint density at radius 3 is 2.56 bits per heavy atom. The van der Waals surface area contributed by atoms with Crippen LogP contribution >= 0.6 is 0 Å². The first kappa shape index (κ1) is 20.2. The normalized spacial score (nSPS) is 35.3. The van der Waals surface area contributed by atoms with E-state index in [2.05, 4.69) is 32.2 Å². The summed E-state index contributed by atoms with van der Waals surface area (Å²) in [5.74, 6) is 2.48. The first-order chi connectivity index (χ1) is 12.1. The highest BCUT2D eigenvalue weighted by atomic mass is 14.6. The third kappa shape index (κ3) is 4.76. The summed E-state index contributed by atoms with van der Waals surface area (Å²) in [7, 11) is 0. The first-order valence-electron chi connectivity index (χ1n) is 10.6. The van der Waals surface area contributed by atoms with Crippen molar-refractivity contribution in [2.24, 2.45) is 23.5 Å². The minimum atomic E-state index is 0.177. The van der Waals surface area contributed by atoms with Crippen LogP contribution in [0.15, 0.2) is 47.6 Å². The monoisotopic (exact) mass is 341 g/mol. The van der Waals surface area contributed by atoms with E-state index >= 15 is 0 Å². The van der Waals surface area contributed by atoms with Crippen molar-refractivity contribution in [3.05, 3.63) is 47.6 Å². The lowest BCUT2D eigenvalue weighted by Gasteiger charge is -2.32. The molecule has 0 aromatic carbocycles. The van der Waals surface area contributed by atoms with Gasteiger partial charge in [-0.3, -0.25) is 0 Å². The van der Waals surface area contributed by atoms with Gasteiger partial charge in [0.25, 0.3) is 0 Å². The van der Waals surface area contributed by atoms with Crippen molar-refractivity contribution < 1.29 is 0 Å². The van der Waals surface area contributed by atoms with Crippen LogP contribution in [0.5, 0.6) is 0 Å². The highest BCUT2D eigenvalue weighted by Gasteiger charge is 2.40. The number of fused-ring (bicyclic) bond motifs is 1. The van der Waals surface area contributed by atoms with Gasteiger partial charge >= 0.3 is 0 Å². The van der Waals surface area contributed by atoms with Gasteiger partial charge in [0.1, 0.15) is 0 Å². The van der Waals surface area contributed by atoms with Crippen LogP contribution in [0.25, 0.3) is 0 Å². The van der Waals surface area contributed by atoms with Crippen LogP contribution in [0.2, 0.25) is 0 Å². The molecule has 0 saturated heterocycles. The molecule has 0 radical (unpaired) electrons. The molecule has 3 saturated carbocycles. The number of rotatable bonds is 3. The zero-order valence-corrected chi connectivity index (χ0v) is 16.8. The van der Waals surface area contributed by atoms with Crippen molar-refractivity contribution in [3.8, 4) is 0 Å². The van der Waals surface area contributed by atoms with Crippen LogP contribution in [0, 0.1) is 17.8 Å². The molecule has 3 rings (SSSR count). The van der Waals surface area contributed by atoms with Crippen molar-refractivity contribution >= 4 is 0 Å². The average molecular weight is 342 g/mol. The van der Waals surface area contributed by atoms with E-state index in [1.54, 1.807) is 5.57 Å².